The average molecular weight is 330 g/mol. The second-order valence-electron chi connectivity index (χ2n) is 4.91. The lowest BCUT2D eigenvalue weighted by Crippen LogP contribution is -2.20. The molecule has 0 radical (unpaired) electrons. The summed E-state index contributed by atoms with van der Waals surface area (Å²) in [6.45, 7) is 0. The van der Waals surface area contributed by atoms with Crippen LogP contribution >= 0.6 is 0 Å². The first kappa shape index (κ1) is 15.5. The Bertz CT molecular complexity index is 895. The molecular formula is C15H12F2N6O. The molecule has 3 aromatic rings. The highest BCUT2D eigenvalue weighted by molar-refractivity contribution is 6.00. The van der Waals surface area contributed by atoms with E-state index < -0.39 is 17.7 Å². The number of anilines is 2. The number of rotatable bonds is 3. The predicted octanol–water partition coefficient (Wildman–Crippen LogP) is 2.80. The van der Waals surface area contributed by atoms with Gasteiger partial charge in [0.05, 0.1) is 5.69 Å². The molecule has 3 rings (SSSR count). The van der Waals surface area contributed by atoms with Gasteiger partial charge >= 0.3 is 6.03 Å². The number of hydrogen-bond acceptors (Lipinski definition) is 4. The van der Waals surface area contributed by atoms with Gasteiger partial charge in [-0.3, -0.25) is 0 Å². The Balaban J connectivity index is 1.74. The summed E-state index contributed by atoms with van der Waals surface area (Å²) in [7, 11) is 1.69. The van der Waals surface area contributed by atoms with Gasteiger partial charge in [-0.15, -0.1) is 5.10 Å². The van der Waals surface area contributed by atoms with Crippen LogP contribution in [0.5, 0.6) is 0 Å². The molecule has 1 aromatic heterocycles. The summed E-state index contributed by atoms with van der Waals surface area (Å²) in [5, 5.41) is 16.1. The molecule has 0 bridgehead atoms. The second kappa shape index (κ2) is 6.41. The van der Waals surface area contributed by atoms with Crippen LogP contribution in [0.2, 0.25) is 0 Å². The van der Waals surface area contributed by atoms with Gasteiger partial charge in [0.15, 0.2) is 5.82 Å². The molecule has 0 unspecified atom stereocenters. The monoisotopic (exact) mass is 330 g/mol. The number of urea groups is 1. The Hall–Kier alpha value is -3.36. The van der Waals surface area contributed by atoms with E-state index in [-0.39, 0.29) is 5.69 Å². The Morgan fingerprint density at radius 2 is 1.96 bits per heavy atom. The van der Waals surface area contributed by atoms with E-state index in [1.54, 1.807) is 31.3 Å². The van der Waals surface area contributed by atoms with E-state index in [1.807, 2.05) is 0 Å². The summed E-state index contributed by atoms with van der Waals surface area (Å²) < 4.78 is 27.9. The minimum absolute atomic E-state index is 0.123. The third-order valence-corrected chi connectivity index (χ3v) is 3.18. The molecule has 0 aliphatic carbocycles. The van der Waals surface area contributed by atoms with Crippen molar-refractivity contribution in [1.82, 2.24) is 20.2 Å². The first-order valence-corrected chi connectivity index (χ1v) is 6.89. The molecule has 0 spiro atoms. The number of tetrazole rings is 1. The van der Waals surface area contributed by atoms with E-state index in [4.69, 9.17) is 0 Å². The summed E-state index contributed by atoms with van der Waals surface area (Å²) in [5.74, 6) is -1.05. The lowest BCUT2D eigenvalue weighted by Gasteiger charge is -2.09. The van der Waals surface area contributed by atoms with E-state index in [0.717, 1.165) is 12.1 Å². The summed E-state index contributed by atoms with van der Waals surface area (Å²) in [4.78, 5) is 12.0. The Labute approximate surface area is 135 Å². The molecule has 122 valence electrons. The van der Waals surface area contributed by atoms with Crippen molar-refractivity contribution >= 4 is 17.4 Å². The maximum Gasteiger partial charge on any atom is 0.323 e. The summed E-state index contributed by atoms with van der Waals surface area (Å²) in [5.41, 5.74) is 1.05. The van der Waals surface area contributed by atoms with E-state index >= 15 is 0 Å². The number of nitrogens with one attached hydrogen (secondary N) is 2. The number of carbonyl (C=O) groups excluding carboxylic acids is 1. The number of halogens is 2. The van der Waals surface area contributed by atoms with Crippen LogP contribution in [0.1, 0.15) is 0 Å². The Kier molecular flexibility index (Phi) is 4.15. The molecule has 1 heterocycles. The predicted molar refractivity (Wildman–Crippen MR) is 83.2 cm³/mol. The van der Waals surface area contributed by atoms with Crippen molar-refractivity contribution in [2.24, 2.45) is 7.05 Å². The highest BCUT2D eigenvalue weighted by atomic mass is 19.1. The van der Waals surface area contributed by atoms with Gasteiger partial charge in [0.1, 0.15) is 11.6 Å². The number of aromatic nitrogens is 4. The molecular weight excluding hydrogens is 318 g/mol. The molecule has 9 heteroatoms. The molecule has 0 atom stereocenters. The molecule has 0 aliphatic rings. The van der Waals surface area contributed by atoms with Crippen LogP contribution in [0.25, 0.3) is 11.4 Å². The highest BCUT2D eigenvalue weighted by Gasteiger charge is 2.10. The largest absolute Gasteiger partial charge is 0.323 e. The van der Waals surface area contributed by atoms with Crippen LogP contribution in [0, 0.1) is 11.6 Å². The topological polar surface area (TPSA) is 84.7 Å². The van der Waals surface area contributed by atoms with Crippen LogP contribution < -0.4 is 10.6 Å². The van der Waals surface area contributed by atoms with Gasteiger partial charge in [-0.2, -0.15) is 0 Å². The highest BCUT2D eigenvalue weighted by Crippen LogP contribution is 2.20. The smallest absolute Gasteiger partial charge is 0.308 e. The molecule has 24 heavy (non-hydrogen) atoms. The molecule has 0 aliphatic heterocycles. The van der Waals surface area contributed by atoms with Crippen LogP contribution in [0.15, 0.2) is 42.5 Å². The zero-order valence-corrected chi connectivity index (χ0v) is 12.5. The SMILES string of the molecule is Cn1nnnc1-c1cccc(NC(=O)Nc2ccc(F)cc2F)c1. The second-order valence-corrected chi connectivity index (χ2v) is 4.91. The van der Waals surface area contributed by atoms with Crippen LogP contribution in [-0.2, 0) is 7.05 Å². The number of benzene rings is 2. The maximum absolute atomic E-state index is 13.5. The van der Waals surface area contributed by atoms with Crippen molar-refractivity contribution in [2.45, 2.75) is 0 Å². The maximum atomic E-state index is 13.5. The lowest BCUT2D eigenvalue weighted by atomic mass is 10.2. The van der Waals surface area contributed by atoms with Crippen molar-refractivity contribution in [1.29, 1.82) is 0 Å². The van der Waals surface area contributed by atoms with Gasteiger partial charge in [-0.25, -0.2) is 18.3 Å². The standard InChI is InChI=1S/C15H12F2N6O/c1-23-14(20-21-22-23)9-3-2-4-11(7-9)18-15(24)19-13-6-5-10(16)8-12(13)17/h2-8H,1H3,(H2,18,19,24). The van der Waals surface area contributed by atoms with Crippen molar-refractivity contribution in [2.75, 3.05) is 10.6 Å². The third kappa shape index (κ3) is 3.35. The fraction of sp³-hybridized carbons (Fsp3) is 0.0667. The molecule has 0 saturated heterocycles. The summed E-state index contributed by atoms with van der Waals surface area (Å²) in [6, 6.07) is 9.07. The summed E-state index contributed by atoms with van der Waals surface area (Å²) >= 11 is 0. The normalized spacial score (nSPS) is 10.5. The van der Waals surface area contributed by atoms with Gasteiger partial charge < -0.3 is 10.6 Å². The van der Waals surface area contributed by atoms with E-state index in [0.29, 0.717) is 23.1 Å². The fourth-order valence-corrected chi connectivity index (χ4v) is 2.09. The average Bonchev–Trinajstić information content (AvgIpc) is 2.96. The first-order chi connectivity index (χ1) is 11.5. The van der Waals surface area contributed by atoms with E-state index in [2.05, 4.69) is 26.2 Å². The van der Waals surface area contributed by atoms with Crippen LogP contribution in [0.3, 0.4) is 0 Å². The molecule has 7 nitrogen and oxygen atoms in total. The number of amides is 2. The molecule has 2 amide bonds. The quantitative estimate of drug-likeness (QED) is 0.773. The van der Waals surface area contributed by atoms with Gasteiger partial charge in [0.25, 0.3) is 0 Å². The van der Waals surface area contributed by atoms with Crippen LogP contribution in [0.4, 0.5) is 25.0 Å². The van der Waals surface area contributed by atoms with Gasteiger partial charge in [0, 0.05) is 24.4 Å². The minimum atomic E-state index is -0.857. The van der Waals surface area contributed by atoms with Gasteiger partial charge in [-0.05, 0) is 34.7 Å². The van der Waals surface area contributed by atoms with E-state index in [1.165, 1.54) is 4.68 Å². The molecule has 0 saturated carbocycles. The Morgan fingerprint density at radius 1 is 1.12 bits per heavy atom. The van der Waals surface area contributed by atoms with E-state index in [9.17, 15) is 13.6 Å². The number of aryl methyl sites for hydroxylation is 1. The molecule has 2 aromatic carbocycles. The van der Waals surface area contributed by atoms with Crippen molar-refractivity contribution in [3.63, 3.8) is 0 Å². The lowest BCUT2D eigenvalue weighted by molar-refractivity contribution is 0.262. The van der Waals surface area contributed by atoms with Crippen molar-refractivity contribution < 1.29 is 13.6 Å². The molecule has 2 N–H and O–H groups in total. The minimum Gasteiger partial charge on any atom is -0.308 e. The zero-order chi connectivity index (χ0) is 17.1. The zero-order valence-electron chi connectivity index (χ0n) is 12.5. The fourth-order valence-electron chi connectivity index (χ4n) is 2.09. The number of nitrogens with zero attached hydrogens (tertiary/aromatic N) is 4. The van der Waals surface area contributed by atoms with Gasteiger partial charge in [-0.1, -0.05) is 12.1 Å². The molecule has 0 fully saturated rings. The number of hydrogen-bond donors (Lipinski definition) is 2. The summed E-state index contributed by atoms with van der Waals surface area (Å²) in [6.07, 6.45) is 0. The third-order valence-electron chi connectivity index (χ3n) is 3.18. The van der Waals surface area contributed by atoms with Crippen molar-refractivity contribution in [3.05, 3.63) is 54.1 Å². The number of carbonyl (C=O) groups is 1. The first-order valence-electron chi connectivity index (χ1n) is 6.89. The van der Waals surface area contributed by atoms with Crippen molar-refractivity contribution in [3.8, 4) is 11.4 Å². The van der Waals surface area contributed by atoms with Gasteiger partial charge in [0.2, 0.25) is 0 Å². The Morgan fingerprint density at radius 3 is 2.67 bits per heavy atom. The van der Waals surface area contributed by atoms with Crippen LogP contribution in [-0.4, -0.2) is 26.2 Å².